The lowest BCUT2D eigenvalue weighted by Crippen LogP contribution is -2.51. The summed E-state index contributed by atoms with van der Waals surface area (Å²) in [5.74, 6) is 0.219. The first-order chi connectivity index (χ1) is 12.5. The molecule has 136 valence electrons. The van der Waals surface area contributed by atoms with E-state index in [1.165, 1.54) is 35.6 Å². The molecule has 1 aliphatic rings. The molecule has 0 radical (unpaired) electrons. The van der Waals surface area contributed by atoms with Gasteiger partial charge in [-0.3, -0.25) is 19.7 Å². The van der Waals surface area contributed by atoms with E-state index in [1.807, 2.05) is 11.4 Å². The van der Waals surface area contributed by atoms with Gasteiger partial charge in [-0.15, -0.1) is 11.3 Å². The largest absolute Gasteiger partial charge is 0.484 e. The van der Waals surface area contributed by atoms with Crippen LogP contribution in [0, 0.1) is 10.1 Å². The molecule has 2 heterocycles. The Hall–Kier alpha value is -2.94. The summed E-state index contributed by atoms with van der Waals surface area (Å²) in [6, 6.07) is 9.21. The highest BCUT2D eigenvalue weighted by molar-refractivity contribution is 7.12. The minimum atomic E-state index is -0.494. The molecule has 3 rings (SSSR count). The van der Waals surface area contributed by atoms with Crippen LogP contribution in [0.25, 0.3) is 0 Å². The van der Waals surface area contributed by atoms with Crippen LogP contribution in [0.4, 0.5) is 5.69 Å². The molecule has 1 aromatic carbocycles. The van der Waals surface area contributed by atoms with E-state index in [9.17, 15) is 19.7 Å². The second kappa shape index (κ2) is 7.96. The molecule has 0 saturated carbocycles. The average Bonchev–Trinajstić information content (AvgIpc) is 3.20. The lowest BCUT2D eigenvalue weighted by molar-refractivity contribution is -0.384. The SMILES string of the molecule is O=C(COc1ccc([N+](=O)[O-])cc1)N1CCN(C(=O)c2cccs2)CC1. The number of thiophene rings is 1. The second-order valence-electron chi connectivity index (χ2n) is 5.69. The molecule has 0 bridgehead atoms. The third kappa shape index (κ3) is 4.17. The molecular formula is C17H17N3O5S. The quantitative estimate of drug-likeness (QED) is 0.589. The van der Waals surface area contributed by atoms with E-state index in [2.05, 4.69) is 0 Å². The molecule has 0 atom stereocenters. The van der Waals surface area contributed by atoms with Gasteiger partial charge in [0.1, 0.15) is 5.75 Å². The number of nitrogens with zero attached hydrogens (tertiary/aromatic N) is 3. The predicted molar refractivity (Wildman–Crippen MR) is 95.4 cm³/mol. The molecule has 1 fully saturated rings. The van der Waals surface area contributed by atoms with Crippen LogP contribution in [0.5, 0.6) is 5.75 Å². The topological polar surface area (TPSA) is 93.0 Å². The van der Waals surface area contributed by atoms with E-state index >= 15 is 0 Å². The summed E-state index contributed by atoms with van der Waals surface area (Å²) in [6.45, 7) is 1.75. The Labute approximate surface area is 153 Å². The van der Waals surface area contributed by atoms with Crippen molar-refractivity contribution in [2.75, 3.05) is 32.8 Å². The Bertz CT molecular complexity index is 783. The maximum Gasteiger partial charge on any atom is 0.269 e. The van der Waals surface area contributed by atoms with Gasteiger partial charge in [-0.25, -0.2) is 0 Å². The highest BCUT2D eigenvalue weighted by Crippen LogP contribution is 2.18. The molecule has 0 spiro atoms. The molecule has 9 heteroatoms. The van der Waals surface area contributed by atoms with Gasteiger partial charge in [0.2, 0.25) is 0 Å². The molecule has 1 aromatic heterocycles. The number of hydrogen-bond acceptors (Lipinski definition) is 6. The van der Waals surface area contributed by atoms with Crippen molar-refractivity contribution in [1.29, 1.82) is 0 Å². The summed E-state index contributed by atoms with van der Waals surface area (Å²) in [5.41, 5.74) is -0.0322. The molecule has 0 N–H and O–H groups in total. The summed E-state index contributed by atoms with van der Waals surface area (Å²) < 4.78 is 5.40. The van der Waals surface area contributed by atoms with E-state index in [0.29, 0.717) is 36.8 Å². The summed E-state index contributed by atoms with van der Waals surface area (Å²) in [7, 11) is 0. The molecular weight excluding hydrogens is 358 g/mol. The molecule has 1 aliphatic heterocycles. The van der Waals surface area contributed by atoms with Crippen molar-refractivity contribution in [3.8, 4) is 5.75 Å². The molecule has 1 saturated heterocycles. The van der Waals surface area contributed by atoms with Gasteiger partial charge in [-0.2, -0.15) is 0 Å². The van der Waals surface area contributed by atoms with E-state index in [0.717, 1.165) is 0 Å². The number of rotatable bonds is 5. The number of carbonyl (C=O) groups excluding carboxylic acids is 2. The minimum Gasteiger partial charge on any atom is -0.484 e. The maximum absolute atomic E-state index is 12.3. The zero-order chi connectivity index (χ0) is 18.5. The maximum atomic E-state index is 12.3. The van der Waals surface area contributed by atoms with Gasteiger partial charge in [0, 0.05) is 38.3 Å². The van der Waals surface area contributed by atoms with Gasteiger partial charge in [0.15, 0.2) is 6.61 Å². The summed E-state index contributed by atoms with van der Waals surface area (Å²) in [5, 5.41) is 12.5. The first-order valence-electron chi connectivity index (χ1n) is 8.02. The van der Waals surface area contributed by atoms with Gasteiger partial charge in [0.25, 0.3) is 17.5 Å². The monoisotopic (exact) mass is 375 g/mol. The Kier molecular flexibility index (Phi) is 5.47. The Morgan fingerprint density at radius 2 is 1.73 bits per heavy atom. The van der Waals surface area contributed by atoms with Crippen LogP contribution in [0.3, 0.4) is 0 Å². The van der Waals surface area contributed by atoms with Crippen molar-refractivity contribution >= 4 is 28.8 Å². The summed E-state index contributed by atoms with van der Waals surface area (Å²) in [6.07, 6.45) is 0. The molecule has 0 unspecified atom stereocenters. The number of benzene rings is 1. The van der Waals surface area contributed by atoms with E-state index in [-0.39, 0.29) is 24.1 Å². The summed E-state index contributed by atoms with van der Waals surface area (Å²) in [4.78, 5) is 38.7. The highest BCUT2D eigenvalue weighted by atomic mass is 32.1. The lowest BCUT2D eigenvalue weighted by atomic mass is 10.3. The fraction of sp³-hybridized carbons (Fsp3) is 0.294. The molecule has 2 aromatic rings. The summed E-state index contributed by atoms with van der Waals surface area (Å²) >= 11 is 1.41. The average molecular weight is 375 g/mol. The zero-order valence-corrected chi connectivity index (χ0v) is 14.7. The number of amides is 2. The van der Waals surface area contributed by atoms with Crippen LogP contribution in [-0.4, -0.2) is 59.3 Å². The number of hydrogen-bond donors (Lipinski definition) is 0. The van der Waals surface area contributed by atoms with Gasteiger partial charge in [-0.1, -0.05) is 6.07 Å². The molecule has 8 nitrogen and oxygen atoms in total. The number of carbonyl (C=O) groups is 2. The Morgan fingerprint density at radius 3 is 2.31 bits per heavy atom. The van der Waals surface area contributed by atoms with Crippen molar-refractivity contribution in [3.63, 3.8) is 0 Å². The van der Waals surface area contributed by atoms with Gasteiger partial charge >= 0.3 is 0 Å². The van der Waals surface area contributed by atoms with Crippen LogP contribution in [0.2, 0.25) is 0 Å². The van der Waals surface area contributed by atoms with Crippen molar-refractivity contribution in [1.82, 2.24) is 9.80 Å². The van der Waals surface area contributed by atoms with Crippen molar-refractivity contribution in [3.05, 3.63) is 56.8 Å². The van der Waals surface area contributed by atoms with Crippen LogP contribution in [0.15, 0.2) is 41.8 Å². The molecule has 2 amide bonds. The smallest absolute Gasteiger partial charge is 0.269 e. The fourth-order valence-corrected chi connectivity index (χ4v) is 3.31. The van der Waals surface area contributed by atoms with Gasteiger partial charge in [-0.05, 0) is 23.6 Å². The first-order valence-corrected chi connectivity index (χ1v) is 8.90. The van der Waals surface area contributed by atoms with Crippen molar-refractivity contribution < 1.29 is 19.2 Å². The minimum absolute atomic E-state index is 0.00534. The van der Waals surface area contributed by atoms with Crippen LogP contribution >= 0.6 is 11.3 Å². The van der Waals surface area contributed by atoms with Gasteiger partial charge < -0.3 is 14.5 Å². The third-order valence-electron chi connectivity index (χ3n) is 4.06. The Morgan fingerprint density at radius 1 is 1.08 bits per heavy atom. The van der Waals surface area contributed by atoms with Crippen LogP contribution in [0.1, 0.15) is 9.67 Å². The van der Waals surface area contributed by atoms with E-state index in [1.54, 1.807) is 15.9 Å². The number of ether oxygens (including phenoxy) is 1. The first kappa shape index (κ1) is 17.9. The Balaban J connectivity index is 1.46. The third-order valence-corrected chi connectivity index (χ3v) is 4.92. The lowest BCUT2D eigenvalue weighted by Gasteiger charge is -2.34. The number of nitro groups is 1. The van der Waals surface area contributed by atoms with E-state index in [4.69, 9.17) is 4.74 Å². The van der Waals surface area contributed by atoms with E-state index < -0.39 is 4.92 Å². The van der Waals surface area contributed by atoms with Crippen molar-refractivity contribution in [2.45, 2.75) is 0 Å². The molecule has 0 aliphatic carbocycles. The predicted octanol–water partition coefficient (Wildman–Crippen LogP) is 2.02. The number of piperazine rings is 1. The number of non-ortho nitro benzene ring substituents is 1. The fourth-order valence-electron chi connectivity index (χ4n) is 2.62. The zero-order valence-electron chi connectivity index (χ0n) is 13.9. The second-order valence-corrected chi connectivity index (χ2v) is 6.64. The van der Waals surface area contributed by atoms with Crippen LogP contribution < -0.4 is 4.74 Å². The molecule has 26 heavy (non-hydrogen) atoms. The number of nitro benzene ring substituents is 1. The van der Waals surface area contributed by atoms with Gasteiger partial charge in [0.05, 0.1) is 9.80 Å². The van der Waals surface area contributed by atoms with Crippen molar-refractivity contribution in [2.24, 2.45) is 0 Å². The normalized spacial score (nSPS) is 14.2. The highest BCUT2D eigenvalue weighted by Gasteiger charge is 2.25. The standard InChI is InChI=1S/C17H17N3O5S/c21-16(12-25-14-5-3-13(4-6-14)20(23)24)18-7-9-19(10-8-18)17(22)15-2-1-11-26-15/h1-6,11H,7-10,12H2. The van der Waals surface area contributed by atoms with Crippen LogP contribution in [-0.2, 0) is 4.79 Å².